The maximum absolute atomic E-state index is 10.9. The van der Waals surface area contributed by atoms with Gasteiger partial charge in [0, 0.05) is 12.5 Å². The summed E-state index contributed by atoms with van der Waals surface area (Å²) in [4.78, 5) is 10.9. The van der Waals surface area contributed by atoms with E-state index in [0.29, 0.717) is 6.42 Å². The summed E-state index contributed by atoms with van der Waals surface area (Å²) in [6.07, 6.45) is 0.345. The van der Waals surface area contributed by atoms with E-state index in [0.717, 1.165) is 12.1 Å². The van der Waals surface area contributed by atoms with Gasteiger partial charge < -0.3 is 11.1 Å². The Morgan fingerprint density at radius 1 is 1.53 bits per heavy atom. The van der Waals surface area contributed by atoms with Gasteiger partial charge in [0.2, 0.25) is 5.91 Å². The Hall–Kier alpha value is -1.35. The lowest BCUT2D eigenvalue weighted by atomic mass is 10.0. The van der Waals surface area contributed by atoms with Crippen molar-refractivity contribution in [1.29, 1.82) is 0 Å². The second kappa shape index (κ2) is 5.51. The third-order valence-corrected chi connectivity index (χ3v) is 2.30. The van der Waals surface area contributed by atoms with Gasteiger partial charge in [0.15, 0.2) is 0 Å². The van der Waals surface area contributed by atoms with Gasteiger partial charge >= 0.3 is 0 Å². The number of carbonyl (C=O) groups is 1. The van der Waals surface area contributed by atoms with Crippen LogP contribution in [-0.2, 0) is 4.79 Å². The Morgan fingerprint density at radius 2 is 2.27 bits per heavy atom. The van der Waals surface area contributed by atoms with Gasteiger partial charge in [0.05, 0.1) is 0 Å². The summed E-state index contributed by atoms with van der Waals surface area (Å²) in [6, 6.07) is 8.17. The van der Waals surface area contributed by atoms with E-state index in [1.807, 2.05) is 32.0 Å². The lowest BCUT2D eigenvalue weighted by Gasteiger charge is -2.17. The molecule has 1 unspecified atom stereocenters. The van der Waals surface area contributed by atoms with Crippen molar-refractivity contribution in [2.24, 2.45) is 5.73 Å². The number of carbonyl (C=O) groups excluding carboxylic acids is 1. The molecule has 0 spiro atoms. The Morgan fingerprint density at radius 3 is 2.80 bits per heavy atom. The van der Waals surface area contributed by atoms with E-state index in [4.69, 9.17) is 5.73 Å². The van der Waals surface area contributed by atoms with Crippen molar-refractivity contribution < 1.29 is 4.79 Å². The zero-order valence-electron chi connectivity index (χ0n) is 9.29. The van der Waals surface area contributed by atoms with Crippen LogP contribution in [0.25, 0.3) is 0 Å². The maximum Gasteiger partial charge on any atom is 0.219 e. The predicted molar refractivity (Wildman–Crippen MR) is 61.4 cm³/mol. The first kappa shape index (κ1) is 11.7. The molecule has 1 aromatic carbocycles. The second-order valence-corrected chi connectivity index (χ2v) is 3.69. The minimum absolute atomic E-state index is 0.0346. The van der Waals surface area contributed by atoms with E-state index in [9.17, 15) is 4.79 Å². The number of primary amides is 1. The zero-order chi connectivity index (χ0) is 11.3. The summed E-state index contributed by atoms with van der Waals surface area (Å²) < 4.78 is 0. The fourth-order valence-electron chi connectivity index (χ4n) is 1.64. The molecule has 1 atom stereocenters. The normalized spacial score (nSPS) is 12.4. The Labute approximate surface area is 90.7 Å². The number of rotatable bonds is 5. The van der Waals surface area contributed by atoms with Gasteiger partial charge in [0.1, 0.15) is 0 Å². The van der Waals surface area contributed by atoms with Crippen LogP contribution >= 0.6 is 0 Å². The average Bonchev–Trinajstić information content (AvgIpc) is 2.16. The highest BCUT2D eigenvalue weighted by Crippen LogP contribution is 2.17. The van der Waals surface area contributed by atoms with Crippen LogP contribution in [0.2, 0.25) is 0 Å². The van der Waals surface area contributed by atoms with E-state index >= 15 is 0 Å². The SMILES string of the molecule is CCNC(CC(N)=O)c1cccc(C)c1. The molecule has 0 saturated carbocycles. The highest BCUT2D eigenvalue weighted by molar-refractivity contribution is 5.74. The van der Waals surface area contributed by atoms with Crippen molar-refractivity contribution in [3.8, 4) is 0 Å². The van der Waals surface area contributed by atoms with Crippen LogP contribution in [0.3, 0.4) is 0 Å². The Balaban J connectivity index is 2.83. The minimum atomic E-state index is -0.276. The summed E-state index contributed by atoms with van der Waals surface area (Å²) in [5.74, 6) is -0.276. The topological polar surface area (TPSA) is 55.1 Å². The molecule has 3 N–H and O–H groups in total. The quantitative estimate of drug-likeness (QED) is 0.767. The van der Waals surface area contributed by atoms with Crippen LogP contribution in [0.4, 0.5) is 0 Å². The van der Waals surface area contributed by atoms with Gasteiger partial charge in [-0.05, 0) is 19.0 Å². The molecular weight excluding hydrogens is 188 g/mol. The van der Waals surface area contributed by atoms with Crippen molar-refractivity contribution in [1.82, 2.24) is 5.32 Å². The molecule has 1 rings (SSSR count). The average molecular weight is 206 g/mol. The summed E-state index contributed by atoms with van der Waals surface area (Å²) in [6.45, 7) is 4.88. The fourth-order valence-corrected chi connectivity index (χ4v) is 1.64. The van der Waals surface area contributed by atoms with E-state index in [-0.39, 0.29) is 11.9 Å². The lowest BCUT2D eigenvalue weighted by Crippen LogP contribution is -2.26. The third-order valence-electron chi connectivity index (χ3n) is 2.30. The largest absolute Gasteiger partial charge is 0.370 e. The number of benzene rings is 1. The summed E-state index contributed by atoms with van der Waals surface area (Å²) in [5.41, 5.74) is 7.54. The molecule has 3 nitrogen and oxygen atoms in total. The molecule has 0 bridgehead atoms. The number of nitrogens with two attached hydrogens (primary N) is 1. The first-order valence-electron chi connectivity index (χ1n) is 5.21. The molecule has 15 heavy (non-hydrogen) atoms. The number of hydrogen-bond acceptors (Lipinski definition) is 2. The summed E-state index contributed by atoms with van der Waals surface area (Å²) in [5, 5.41) is 3.26. The molecule has 1 aromatic rings. The van der Waals surface area contributed by atoms with Gasteiger partial charge in [-0.3, -0.25) is 4.79 Å². The minimum Gasteiger partial charge on any atom is -0.370 e. The molecule has 0 radical (unpaired) electrons. The summed E-state index contributed by atoms with van der Waals surface area (Å²) >= 11 is 0. The number of nitrogens with one attached hydrogen (secondary N) is 1. The molecular formula is C12H18N2O. The maximum atomic E-state index is 10.9. The van der Waals surface area contributed by atoms with Crippen LogP contribution in [0, 0.1) is 6.92 Å². The molecule has 0 aliphatic rings. The molecule has 82 valence electrons. The predicted octanol–water partition coefficient (Wildman–Crippen LogP) is 1.52. The van der Waals surface area contributed by atoms with Crippen molar-refractivity contribution in [3.63, 3.8) is 0 Å². The van der Waals surface area contributed by atoms with Crippen molar-refractivity contribution in [2.45, 2.75) is 26.3 Å². The van der Waals surface area contributed by atoms with E-state index < -0.39 is 0 Å². The van der Waals surface area contributed by atoms with Crippen molar-refractivity contribution >= 4 is 5.91 Å². The Bertz CT molecular complexity index is 336. The summed E-state index contributed by atoms with van der Waals surface area (Å²) in [7, 11) is 0. The number of amides is 1. The first-order valence-corrected chi connectivity index (χ1v) is 5.21. The van der Waals surface area contributed by atoms with Gasteiger partial charge in [-0.15, -0.1) is 0 Å². The smallest absolute Gasteiger partial charge is 0.219 e. The van der Waals surface area contributed by atoms with Crippen molar-refractivity contribution in [2.75, 3.05) is 6.54 Å². The standard InChI is InChI=1S/C12H18N2O/c1-3-14-11(8-12(13)15)10-6-4-5-9(2)7-10/h4-7,11,14H,3,8H2,1-2H3,(H2,13,15). The molecule has 0 fully saturated rings. The highest BCUT2D eigenvalue weighted by Gasteiger charge is 2.12. The molecule has 3 heteroatoms. The Kier molecular flexibility index (Phi) is 4.31. The van der Waals surface area contributed by atoms with Crippen molar-refractivity contribution in [3.05, 3.63) is 35.4 Å². The van der Waals surface area contributed by atoms with E-state index in [2.05, 4.69) is 11.4 Å². The van der Waals surface area contributed by atoms with Crippen LogP contribution < -0.4 is 11.1 Å². The fraction of sp³-hybridized carbons (Fsp3) is 0.417. The number of hydrogen-bond donors (Lipinski definition) is 2. The van der Waals surface area contributed by atoms with Gasteiger partial charge in [-0.2, -0.15) is 0 Å². The molecule has 0 heterocycles. The van der Waals surface area contributed by atoms with Crippen LogP contribution in [-0.4, -0.2) is 12.5 Å². The van der Waals surface area contributed by atoms with Crippen LogP contribution in [0.15, 0.2) is 24.3 Å². The highest BCUT2D eigenvalue weighted by atomic mass is 16.1. The molecule has 0 aromatic heterocycles. The zero-order valence-corrected chi connectivity index (χ0v) is 9.29. The van der Waals surface area contributed by atoms with Crippen LogP contribution in [0.1, 0.15) is 30.5 Å². The number of aryl methyl sites for hydroxylation is 1. The van der Waals surface area contributed by atoms with E-state index in [1.54, 1.807) is 0 Å². The molecule has 0 saturated heterocycles. The first-order chi connectivity index (χ1) is 7.13. The lowest BCUT2D eigenvalue weighted by molar-refractivity contribution is -0.118. The monoisotopic (exact) mass is 206 g/mol. The molecule has 1 amide bonds. The molecule has 0 aliphatic carbocycles. The van der Waals surface area contributed by atoms with Crippen LogP contribution in [0.5, 0.6) is 0 Å². The van der Waals surface area contributed by atoms with E-state index in [1.165, 1.54) is 5.56 Å². The van der Waals surface area contributed by atoms with Gasteiger partial charge in [-0.1, -0.05) is 36.8 Å². The third kappa shape index (κ3) is 3.72. The van der Waals surface area contributed by atoms with Gasteiger partial charge in [-0.25, -0.2) is 0 Å². The van der Waals surface area contributed by atoms with Gasteiger partial charge in [0.25, 0.3) is 0 Å². The second-order valence-electron chi connectivity index (χ2n) is 3.69. The molecule has 0 aliphatic heterocycles.